The Hall–Kier alpha value is -3.57. The van der Waals surface area contributed by atoms with Gasteiger partial charge in [0.25, 0.3) is 11.8 Å². The summed E-state index contributed by atoms with van der Waals surface area (Å²) in [6, 6.07) is 23.5. The first kappa shape index (κ1) is 23.6. The maximum Gasteiger partial charge on any atom is 0.268 e. The molecule has 0 radical (unpaired) electrons. The zero-order valence-corrected chi connectivity index (χ0v) is 19.6. The van der Waals surface area contributed by atoms with Crippen molar-refractivity contribution in [1.82, 2.24) is 10.6 Å². The number of hydrogen-bond donors (Lipinski definition) is 2. The average molecular weight is 475 g/mol. The summed E-state index contributed by atoms with van der Waals surface area (Å²) >= 11 is 5.94. The Balaban J connectivity index is 1.57. The number of ether oxygens (including phenoxy) is 1. The van der Waals surface area contributed by atoms with E-state index >= 15 is 0 Å². The van der Waals surface area contributed by atoms with Crippen molar-refractivity contribution in [2.45, 2.75) is 38.1 Å². The van der Waals surface area contributed by atoms with Crippen LogP contribution in [0, 0.1) is 0 Å². The van der Waals surface area contributed by atoms with Crippen LogP contribution in [0.4, 0.5) is 0 Å². The van der Waals surface area contributed by atoms with Crippen LogP contribution in [-0.4, -0.2) is 17.9 Å². The number of halogens is 1. The van der Waals surface area contributed by atoms with E-state index in [9.17, 15) is 9.59 Å². The summed E-state index contributed by atoms with van der Waals surface area (Å²) in [6.45, 7) is 0. The number of carbonyl (C=O) groups excluding carboxylic acids is 2. The lowest BCUT2D eigenvalue weighted by Crippen LogP contribution is -2.41. The van der Waals surface area contributed by atoms with Crippen LogP contribution in [0.5, 0.6) is 11.5 Å². The van der Waals surface area contributed by atoms with Gasteiger partial charge in [-0.1, -0.05) is 61.2 Å². The third kappa shape index (κ3) is 6.72. The van der Waals surface area contributed by atoms with E-state index in [-0.39, 0.29) is 23.6 Å². The number of carbonyl (C=O) groups is 2. The Morgan fingerprint density at radius 3 is 2.29 bits per heavy atom. The summed E-state index contributed by atoms with van der Waals surface area (Å²) in [5.74, 6) is 0.674. The Kier molecular flexibility index (Phi) is 7.99. The standard InChI is InChI=1S/C28H27ClN2O3/c29-22-16-14-21(15-17-22)27(32)31-26(28(33)30-23-9-3-1-4-10-23)19-20-8-7-13-25(18-20)34-24-11-5-2-6-12-24/h2,5-8,11-19,23H,1,3-4,9-10H2,(H,30,33)(H,31,32)/b26-19-. The SMILES string of the molecule is O=C(NC1CCCCC1)/C(=C/c1cccc(Oc2ccccc2)c1)NC(=O)c1ccc(Cl)cc1. The molecule has 0 bridgehead atoms. The fourth-order valence-corrected chi connectivity index (χ4v) is 4.05. The molecule has 2 N–H and O–H groups in total. The van der Waals surface area contributed by atoms with Gasteiger partial charge >= 0.3 is 0 Å². The van der Waals surface area contributed by atoms with Gasteiger partial charge in [0.05, 0.1) is 0 Å². The Morgan fingerprint density at radius 2 is 1.56 bits per heavy atom. The van der Waals surface area contributed by atoms with Crippen LogP contribution in [0.25, 0.3) is 6.08 Å². The fraction of sp³-hybridized carbons (Fsp3) is 0.214. The molecule has 0 heterocycles. The predicted octanol–water partition coefficient (Wildman–Crippen LogP) is 6.35. The second-order valence-electron chi connectivity index (χ2n) is 8.32. The molecule has 0 atom stereocenters. The van der Waals surface area contributed by atoms with Crippen molar-refractivity contribution >= 4 is 29.5 Å². The van der Waals surface area contributed by atoms with E-state index in [1.54, 1.807) is 30.3 Å². The molecule has 174 valence electrons. The van der Waals surface area contributed by atoms with Crippen molar-refractivity contribution in [2.24, 2.45) is 0 Å². The molecule has 34 heavy (non-hydrogen) atoms. The molecule has 1 aliphatic rings. The number of benzene rings is 3. The molecule has 0 saturated heterocycles. The first-order valence-electron chi connectivity index (χ1n) is 11.5. The van der Waals surface area contributed by atoms with Gasteiger partial charge in [0.2, 0.25) is 0 Å². The molecule has 0 aliphatic heterocycles. The molecule has 4 rings (SSSR count). The zero-order valence-electron chi connectivity index (χ0n) is 18.8. The summed E-state index contributed by atoms with van der Waals surface area (Å²) in [7, 11) is 0. The number of hydrogen-bond acceptors (Lipinski definition) is 3. The first-order chi connectivity index (χ1) is 16.6. The topological polar surface area (TPSA) is 67.4 Å². The third-order valence-corrected chi connectivity index (χ3v) is 5.94. The first-order valence-corrected chi connectivity index (χ1v) is 11.9. The van der Waals surface area contributed by atoms with Gasteiger partial charge in [0, 0.05) is 16.6 Å². The molecular formula is C28H27ClN2O3. The number of amides is 2. The van der Waals surface area contributed by atoms with Gasteiger partial charge in [-0.05, 0) is 73.0 Å². The summed E-state index contributed by atoms with van der Waals surface area (Å²) in [5.41, 5.74) is 1.34. The highest BCUT2D eigenvalue weighted by Crippen LogP contribution is 2.23. The maximum atomic E-state index is 13.2. The van der Waals surface area contributed by atoms with E-state index in [0.717, 1.165) is 37.0 Å². The molecule has 6 heteroatoms. The largest absolute Gasteiger partial charge is 0.457 e. The van der Waals surface area contributed by atoms with Gasteiger partial charge in [-0.15, -0.1) is 0 Å². The molecule has 3 aromatic rings. The lowest BCUT2D eigenvalue weighted by Gasteiger charge is -2.23. The zero-order chi connectivity index (χ0) is 23.8. The van der Waals surface area contributed by atoms with Crippen LogP contribution in [0.3, 0.4) is 0 Å². The summed E-state index contributed by atoms with van der Waals surface area (Å²) in [6.07, 6.45) is 6.95. The van der Waals surface area contributed by atoms with Gasteiger partial charge in [-0.2, -0.15) is 0 Å². The van der Waals surface area contributed by atoms with Crippen molar-refractivity contribution in [2.75, 3.05) is 0 Å². The molecule has 0 spiro atoms. The molecule has 0 unspecified atom stereocenters. The molecule has 3 aromatic carbocycles. The molecule has 0 aromatic heterocycles. The van der Waals surface area contributed by atoms with Gasteiger partial charge in [-0.25, -0.2) is 0 Å². The molecule has 5 nitrogen and oxygen atoms in total. The molecule has 1 saturated carbocycles. The van der Waals surface area contributed by atoms with Crippen LogP contribution < -0.4 is 15.4 Å². The molecule has 1 aliphatic carbocycles. The van der Waals surface area contributed by atoms with Crippen molar-refractivity contribution in [3.05, 3.63) is 101 Å². The van der Waals surface area contributed by atoms with E-state index in [1.807, 2.05) is 54.6 Å². The number of para-hydroxylation sites is 1. The average Bonchev–Trinajstić information content (AvgIpc) is 2.85. The predicted molar refractivity (Wildman–Crippen MR) is 135 cm³/mol. The normalized spacial score (nSPS) is 14.3. The molecular weight excluding hydrogens is 448 g/mol. The molecule has 2 amide bonds. The minimum Gasteiger partial charge on any atom is -0.457 e. The lowest BCUT2D eigenvalue weighted by molar-refractivity contribution is -0.118. The van der Waals surface area contributed by atoms with E-state index in [4.69, 9.17) is 16.3 Å². The van der Waals surface area contributed by atoms with Crippen LogP contribution in [0.1, 0.15) is 48.0 Å². The minimum absolute atomic E-state index is 0.116. The van der Waals surface area contributed by atoms with E-state index in [2.05, 4.69) is 10.6 Å². The van der Waals surface area contributed by atoms with Crippen molar-refractivity contribution in [1.29, 1.82) is 0 Å². The third-order valence-electron chi connectivity index (χ3n) is 5.69. The van der Waals surface area contributed by atoms with Crippen LogP contribution in [0.15, 0.2) is 84.6 Å². The van der Waals surface area contributed by atoms with Gasteiger partial charge in [-0.3, -0.25) is 9.59 Å². The Morgan fingerprint density at radius 1 is 0.853 bits per heavy atom. The van der Waals surface area contributed by atoms with E-state index < -0.39 is 0 Å². The van der Waals surface area contributed by atoms with E-state index in [1.165, 1.54) is 6.42 Å². The van der Waals surface area contributed by atoms with Crippen LogP contribution >= 0.6 is 11.6 Å². The molecule has 1 fully saturated rings. The van der Waals surface area contributed by atoms with Crippen molar-refractivity contribution in [3.8, 4) is 11.5 Å². The quantitative estimate of drug-likeness (QED) is 0.392. The highest BCUT2D eigenvalue weighted by Gasteiger charge is 2.20. The number of nitrogens with one attached hydrogen (secondary N) is 2. The second-order valence-corrected chi connectivity index (χ2v) is 8.75. The second kappa shape index (κ2) is 11.5. The highest BCUT2D eigenvalue weighted by molar-refractivity contribution is 6.30. The minimum atomic E-state index is -0.376. The van der Waals surface area contributed by atoms with Gasteiger partial charge < -0.3 is 15.4 Å². The Bertz CT molecular complexity index is 1150. The smallest absolute Gasteiger partial charge is 0.268 e. The van der Waals surface area contributed by atoms with Crippen LogP contribution in [-0.2, 0) is 4.79 Å². The Labute approximate surface area is 204 Å². The van der Waals surface area contributed by atoms with Gasteiger partial charge in [0.1, 0.15) is 17.2 Å². The monoisotopic (exact) mass is 474 g/mol. The number of rotatable bonds is 7. The van der Waals surface area contributed by atoms with Crippen LogP contribution in [0.2, 0.25) is 5.02 Å². The summed E-state index contributed by atoms with van der Waals surface area (Å²) in [5, 5.41) is 6.41. The maximum absolute atomic E-state index is 13.2. The summed E-state index contributed by atoms with van der Waals surface area (Å²) in [4.78, 5) is 26.0. The van der Waals surface area contributed by atoms with Crippen molar-refractivity contribution in [3.63, 3.8) is 0 Å². The van der Waals surface area contributed by atoms with Gasteiger partial charge in [0.15, 0.2) is 0 Å². The van der Waals surface area contributed by atoms with E-state index in [0.29, 0.717) is 16.3 Å². The van der Waals surface area contributed by atoms with Crippen molar-refractivity contribution < 1.29 is 14.3 Å². The lowest BCUT2D eigenvalue weighted by atomic mass is 9.95. The summed E-state index contributed by atoms with van der Waals surface area (Å²) < 4.78 is 5.91. The fourth-order valence-electron chi connectivity index (χ4n) is 3.92. The highest BCUT2D eigenvalue weighted by atomic mass is 35.5.